The summed E-state index contributed by atoms with van der Waals surface area (Å²) in [7, 11) is 0. The zero-order valence-electron chi connectivity index (χ0n) is 8.75. The second kappa shape index (κ2) is 3.48. The van der Waals surface area contributed by atoms with E-state index in [2.05, 4.69) is 10.6 Å². The molecule has 1 aliphatic heterocycles. The minimum Gasteiger partial charge on any atom is -0.480 e. The summed E-state index contributed by atoms with van der Waals surface area (Å²) < 4.78 is 0. The lowest BCUT2D eigenvalue weighted by Crippen LogP contribution is -2.51. The van der Waals surface area contributed by atoms with Gasteiger partial charge in [-0.3, -0.25) is 4.79 Å². The van der Waals surface area contributed by atoms with Gasteiger partial charge in [0.05, 0.1) is 6.04 Å². The summed E-state index contributed by atoms with van der Waals surface area (Å²) in [4.78, 5) is 22.7. The Morgan fingerprint density at radius 2 is 2.13 bits per heavy atom. The summed E-state index contributed by atoms with van der Waals surface area (Å²) in [5, 5.41) is 14.7. The maximum Gasteiger partial charge on any atom is 0.329 e. The normalized spacial score (nSPS) is 32.3. The van der Waals surface area contributed by atoms with Gasteiger partial charge in [0.1, 0.15) is 5.54 Å². The SMILES string of the molecule is CC1CCNC1C(=O)NC1(C(=O)O)CC1. The summed E-state index contributed by atoms with van der Waals surface area (Å²) >= 11 is 0. The highest BCUT2D eigenvalue weighted by atomic mass is 16.4. The number of carbonyl (C=O) groups is 2. The highest BCUT2D eigenvalue weighted by Crippen LogP contribution is 2.35. The van der Waals surface area contributed by atoms with Gasteiger partial charge in [-0.15, -0.1) is 0 Å². The predicted octanol–water partition coefficient (Wildman–Crippen LogP) is -0.282. The molecule has 0 spiro atoms. The van der Waals surface area contributed by atoms with E-state index in [1.807, 2.05) is 6.92 Å². The van der Waals surface area contributed by atoms with Crippen LogP contribution in [0.2, 0.25) is 0 Å². The van der Waals surface area contributed by atoms with Gasteiger partial charge in [0.25, 0.3) is 0 Å². The predicted molar refractivity (Wildman–Crippen MR) is 53.3 cm³/mol. The Morgan fingerprint density at radius 1 is 1.47 bits per heavy atom. The van der Waals surface area contributed by atoms with Crippen molar-refractivity contribution in [3.63, 3.8) is 0 Å². The highest BCUT2D eigenvalue weighted by molar-refractivity contribution is 5.91. The van der Waals surface area contributed by atoms with Crippen molar-refractivity contribution in [2.75, 3.05) is 6.54 Å². The molecule has 2 unspecified atom stereocenters. The van der Waals surface area contributed by atoms with Crippen LogP contribution in [0.5, 0.6) is 0 Å². The molecule has 5 heteroatoms. The first-order valence-electron chi connectivity index (χ1n) is 5.34. The second-order valence-electron chi connectivity index (χ2n) is 4.57. The van der Waals surface area contributed by atoms with Gasteiger partial charge in [-0.2, -0.15) is 0 Å². The quantitative estimate of drug-likeness (QED) is 0.601. The van der Waals surface area contributed by atoms with Crippen molar-refractivity contribution in [2.24, 2.45) is 5.92 Å². The Labute approximate surface area is 88.2 Å². The number of carbonyl (C=O) groups excluding carboxylic acids is 1. The second-order valence-corrected chi connectivity index (χ2v) is 4.57. The molecule has 0 bridgehead atoms. The zero-order chi connectivity index (χ0) is 11.1. The van der Waals surface area contributed by atoms with Crippen molar-refractivity contribution in [3.05, 3.63) is 0 Å². The largest absolute Gasteiger partial charge is 0.480 e. The molecule has 1 amide bonds. The van der Waals surface area contributed by atoms with Crippen LogP contribution >= 0.6 is 0 Å². The summed E-state index contributed by atoms with van der Waals surface area (Å²) in [5.41, 5.74) is -0.957. The van der Waals surface area contributed by atoms with E-state index in [0.29, 0.717) is 12.8 Å². The number of carboxylic acid groups (broad SMARTS) is 1. The Bertz CT molecular complexity index is 299. The number of amides is 1. The van der Waals surface area contributed by atoms with E-state index in [4.69, 9.17) is 5.11 Å². The van der Waals surface area contributed by atoms with Crippen LogP contribution in [0.25, 0.3) is 0 Å². The first-order valence-corrected chi connectivity index (χ1v) is 5.34. The van der Waals surface area contributed by atoms with Crippen LogP contribution in [0, 0.1) is 5.92 Å². The summed E-state index contributed by atoms with van der Waals surface area (Å²) in [6, 6.07) is -0.221. The van der Waals surface area contributed by atoms with Gasteiger partial charge in [-0.1, -0.05) is 6.92 Å². The van der Waals surface area contributed by atoms with Crippen molar-refractivity contribution < 1.29 is 14.7 Å². The van der Waals surface area contributed by atoms with Crippen molar-refractivity contribution >= 4 is 11.9 Å². The third-order valence-electron chi connectivity index (χ3n) is 3.34. The van der Waals surface area contributed by atoms with Crippen LogP contribution in [-0.2, 0) is 9.59 Å². The van der Waals surface area contributed by atoms with E-state index in [0.717, 1.165) is 13.0 Å². The van der Waals surface area contributed by atoms with Crippen molar-refractivity contribution in [3.8, 4) is 0 Å². The van der Waals surface area contributed by atoms with Crippen LogP contribution in [0.3, 0.4) is 0 Å². The van der Waals surface area contributed by atoms with Gasteiger partial charge in [0, 0.05) is 0 Å². The number of rotatable bonds is 3. The summed E-state index contributed by atoms with van der Waals surface area (Å²) in [5.74, 6) is -0.795. The standard InChI is InChI=1S/C10H16N2O3/c1-6-2-5-11-7(6)8(13)12-10(3-4-10)9(14)15/h6-7,11H,2-5H2,1H3,(H,12,13)(H,14,15). The monoisotopic (exact) mass is 212 g/mol. The maximum absolute atomic E-state index is 11.8. The molecule has 1 saturated heterocycles. The molecule has 15 heavy (non-hydrogen) atoms. The van der Waals surface area contributed by atoms with E-state index in [1.54, 1.807) is 0 Å². The minimum atomic E-state index is -0.957. The zero-order valence-corrected chi connectivity index (χ0v) is 8.75. The molecule has 0 aromatic rings. The average molecular weight is 212 g/mol. The lowest BCUT2D eigenvalue weighted by molar-refractivity contribution is -0.143. The van der Waals surface area contributed by atoms with Crippen molar-refractivity contribution in [2.45, 2.75) is 37.8 Å². The Morgan fingerprint density at radius 3 is 2.53 bits per heavy atom. The summed E-state index contributed by atoms with van der Waals surface area (Å²) in [6.45, 7) is 2.84. The third-order valence-corrected chi connectivity index (χ3v) is 3.34. The number of hydrogen-bond acceptors (Lipinski definition) is 3. The topological polar surface area (TPSA) is 78.4 Å². The molecular formula is C10H16N2O3. The third kappa shape index (κ3) is 1.84. The Balaban J connectivity index is 1.95. The lowest BCUT2D eigenvalue weighted by Gasteiger charge is -2.19. The fourth-order valence-corrected chi connectivity index (χ4v) is 2.02. The molecule has 0 radical (unpaired) electrons. The molecule has 2 fully saturated rings. The molecule has 2 aliphatic rings. The fourth-order valence-electron chi connectivity index (χ4n) is 2.02. The van der Waals surface area contributed by atoms with E-state index >= 15 is 0 Å². The molecular weight excluding hydrogens is 196 g/mol. The van der Waals surface area contributed by atoms with Gasteiger partial charge in [-0.05, 0) is 31.7 Å². The van der Waals surface area contributed by atoms with Gasteiger partial charge >= 0.3 is 5.97 Å². The van der Waals surface area contributed by atoms with Crippen LogP contribution < -0.4 is 10.6 Å². The Hall–Kier alpha value is -1.10. The number of carboxylic acids is 1. The molecule has 1 saturated carbocycles. The molecule has 1 heterocycles. The molecule has 0 aromatic carbocycles. The number of nitrogens with one attached hydrogen (secondary N) is 2. The first kappa shape index (κ1) is 10.4. The highest BCUT2D eigenvalue weighted by Gasteiger charge is 2.52. The van der Waals surface area contributed by atoms with Crippen LogP contribution in [0.4, 0.5) is 0 Å². The van der Waals surface area contributed by atoms with E-state index in [-0.39, 0.29) is 17.9 Å². The van der Waals surface area contributed by atoms with Gasteiger partial charge in [0.15, 0.2) is 0 Å². The summed E-state index contributed by atoms with van der Waals surface area (Å²) in [6.07, 6.45) is 2.07. The van der Waals surface area contributed by atoms with Crippen LogP contribution in [0.15, 0.2) is 0 Å². The van der Waals surface area contributed by atoms with E-state index in [9.17, 15) is 9.59 Å². The molecule has 5 nitrogen and oxygen atoms in total. The lowest BCUT2D eigenvalue weighted by atomic mass is 10.0. The smallest absolute Gasteiger partial charge is 0.329 e. The molecule has 1 aliphatic carbocycles. The van der Waals surface area contributed by atoms with Crippen LogP contribution in [0.1, 0.15) is 26.2 Å². The molecule has 2 rings (SSSR count). The van der Waals surface area contributed by atoms with Gasteiger partial charge < -0.3 is 15.7 Å². The van der Waals surface area contributed by atoms with Gasteiger partial charge in [-0.25, -0.2) is 4.79 Å². The average Bonchev–Trinajstić information content (AvgIpc) is 2.82. The first-order chi connectivity index (χ1) is 7.05. The molecule has 84 valence electrons. The van der Waals surface area contributed by atoms with E-state index in [1.165, 1.54) is 0 Å². The number of aliphatic carboxylic acids is 1. The van der Waals surface area contributed by atoms with Gasteiger partial charge in [0.2, 0.25) is 5.91 Å². The Kier molecular flexibility index (Phi) is 2.42. The molecule has 2 atom stereocenters. The van der Waals surface area contributed by atoms with Crippen molar-refractivity contribution in [1.82, 2.24) is 10.6 Å². The van der Waals surface area contributed by atoms with Crippen LogP contribution in [-0.4, -0.2) is 35.1 Å². The van der Waals surface area contributed by atoms with Crippen molar-refractivity contribution in [1.29, 1.82) is 0 Å². The fraction of sp³-hybridized carbons (Fsp3) is 0.800. The molecule has 3 N–H and O–H groups in total. The number of hydrogen-bond donors (Lipinski definition) is 3. The maximum atomic E-state index is 11.8. The minimum absolute atomic E-state index is 0.167. The molecule has 0 aromatic heterocycles. The van der Waals surface area contributed by atoms with E-state index < -0.39 is 11.5 Å².